The summed E-state index contributed by atoms with van der Waals surface area (Å²) in [6.45, 7) is 9.90. The van der Waals surface area contributed by atoms with Crippen LogP contribution in [0.1, 0.15) is 63.5 Å². The van der Waals surface area contributed by atoms with Gasteiger partial charge in [0, 0.05) is 24.5 Å². The van der Waals surface area contributed by atoms with Gasteiger partial charge in [-0.25, -0.2) is 8.78 Å². The van der Waals surface area contributed by atoms with E-state index >= 15 is 4.39 Å². The van der Waals surface area contributed by atoms with Crippen molar-refractivity contribution >= 4 is 0 Å². The van der Waals surface area contributed by atoms with Gasteiger partial charge < -0.3 is 4.90 Å². The van der Waals surface area contributed by atoms with Gasteiger partial charge in [0.15, 0.2) is 11.6 Å². The summed E-state index contributed by atoms with van der Waals surface area (Å²) in [5.74, 6) is -1.42. The number of likely N-dealkylation sites (N-methyl/N-ethyl adjacent to an activating group) is 1. The molecule has 0 bridgehead atoms. The number of aryl methyl sites for hydroxylation is 1. The molecule has 1 aliphatic heterocycles. The van der Waals surface area contributed by atoms with Gasteiger partial charge in [0.2, 0.25) is 0 Å². The van der Waals surface area contributed by atoms with E-state index in [1.165, 1.54) is 24.0 Å². The number of halogens is 2. The van der Waals surface area contributed by atoms with Gasteiger partial charge in [-0.2, -0.15) is 5.26 Å². The van der Waals surface area contributed by atoms with E-state index < -0.39 is 11.6 Å². The molecule has 2 aliphatic rings. The van der Waals surface area contributed by atoms with Crippen LogP contribution in [0.5, 0.6) is 0 Å². The molecule has 1 spiro atoms. The number of nitrogens with zero attached hydrogens (tertiary/aromatic N) is 3. The van der Waals surface area contributed by atoms with Crippen molar-refractivity contribution in [3.63, 3.8) is 0 Å². The van der Waals surface area contributed by atoms with Crippen LogP contribution in [0.25, 0.3) is 0 Å². The van der Waals surface area contributed by atoms with Gasteiger partial charge >= 0.3 is 0 Å². The molecule has 0 radical (unpaired) electrons. The molecule has 174 valence electrons. The van der Waals surface area contributed by atoms with Crippen LogP contribution in [0.4, 0.5) is 8.78 Å². The van der Waals surface area contributed by atoms with Gasteiger partial charge in [0.25, 0.3) is 0 Å². The first kappa shape index (κ1) is 24.6. The highest BCUT2D eigenvalue weighted by atomic mass is 19.2. The number of hydrogen-bond acceptors (Lipinski definition) is 3. The summed E-state index contributed by atoms with van der Waals surface area (Å²) in [7, 11) is 4.09. The minimum Gasteiger partial charge on any atom is -0.305 e. The topological polar surface area (TPSA) is 30.3 Å². The van der Waals surface area contributed by atoms with E-state index in [1.54, 1.807) is 12.1 Å². The van der Waals surface area contributed by atoms with Crippen LogP contribution in [0.3, 0.4) is 0 Å². The molecule has 0 amide bonds. The molecule has 3 rings (SSSR count). The molecule has 1 fully saturated rings. The van der Waals surface area contributed by atoms with Gasteiger partial charge in [0.1, 0.15) is 0 Å². The average molecular weight is 442 g/mol. The molecule has 5 heteroatoms. The molecule has 1 heterocycles. The number of benzene rings is 1. The molecule has 1 aromatic carbocycles. The lowest BCUT2D eigenvalue weighted by atomic mass is 9.87. The van der Waals surface area contributed by atoms with Crippen LogP contribution in [-0.4, -0.2) is 48.6 Å². The Morgan fingerprint density at radius 2 is 1.84 bits per heavy atom. The first-order valence-corrected chi connectivity index (χ1v) is 11.8. The van der Waals surface area contributed by atoms with E-state index in [9.17, 15) is 4.39 Å². The summed E-state index contributed by atoms with van der Waals surface area (Å²) in [6, 6.07) is 5.67. The maximum Gasteiger partial charge on any atom is 0.162 e. The van der Waals surface area contributed by atoms with Crippen molar-refractivity contribution in [3.8, 4) is 6.07 Å². The molecule has 0 N–H and O–H groups in total. The van der Waals surface area contributed by atoms with Crippen molar-refractivity contribution in [2.45, 2.75) is 76.8 Å². The summed E-state index contributed by atoms with van der Waals surface area (Å²) in [5, 5.41) is 8.67. The molecule has 1 unspecified atom stereocenters. The Hall–Kier alpha value is -2.03. The first-order valence-electron chi connectivity index (χ1n) is 11.8. The van der Waals surface area contributed by atoms with Crippen LogP contribution in [0.2, 0.25) is 0 Å². The fourth-order valence-corrected chi connectivity index (χ4v) is 5.87. The zero-order chi connectivity index (χ0) is 23.5. The zero-order valence-electron chi connectivity index (χ0n) is 20.1. The molecular formula is C27H37F2N3. The second kappa shape index (κ2) is 10.3. The lowest BCUT2D eigenvalue weighted by Crippen LogP contribution is -2.46. The lowest BCUT2D eigenvalue weighted by molar-refractivity contribution is 0.150. The van der Waals surface area contributed by atoms with Crippen molar-refractivity contribution in [2.24, 2.45) is 0 Å². The van der Waals surface area contributed by atoms with Gasteiger partial charge in [0.05, 0.1) is 6.07 Å². The Balaban J connectivity index is 1.74. The van der Waals surface area contributed by atoms with E-state index in [4.69, 9.17) is 5.26 Å². The largest absolute Gasteiger partial charge is 0.305 e. The fourth-order valence-electron chi connectivity index (χ4n) is 5.87. The summed E-state index contributed by atoms with van der Waals surface area (Å²) in [5.41, 5.74) is 4.54. The van der Waals surface area contributed by atoms with Gasteiger partial charge in [-0.1, -0.05) is 37.1 Å². The summed E-state index contributed by atoms with van der Waals surface area (Å²) < 4.78 is 30.0. The molecule has 0 saturated heterocycles. The predicted octanol–water partition coefficient (Wildman–Crippen LogP) is 5.80. The minimum atomic E-state index is -0.712. The summed E-state index contributed by atoms with van der Waals surface area (Å²) in [6.07, 6.45) is 6.82. The van der Waals surface area contributed by atoms with Gasteiger partial charge in [-0.3, -0.25) is 4.90 Å². The van der Waals surface area contributed by atoms with E-state index in [0.29, 0.717) is 36.9 Å². The Morgan fingerprint density at radius 3 is 2.47 bits per heavy atom. The van der Waals surface area contributed by atoms with E-state index in [-0.39, 0.29) is 11.6 Å². The molecular weight excluding hydrogens is 404 g/mol. The Kier molecular flexibility index (Phi) is 7.90. The van der Waals surface area contributed by atoms with E-state index in [2.05, 4.69) is 36.4 Å². The second-order valence-corrected chi connectivity index (χ2v) is 9.72. The van der Waals surface area contributed by atoms with Crippen molar-refractivity contribution in [3.05, 3.63) is 58.2 Å². The Morgan fingerprint density at radius 1 is 1.22 bits per heavy atom. The van der Waals surface area contributed by atoms with E-state index in [1.807, 2.05) is 14.0 Å². The number of rotatable bonds is 9. The maximum atomic E-state index is 15.1. The minimum absolute atomic E-state index is 0.0270. The summed E-state index contributed by atoms with van der Waals surface area (Å²) >= 11 is 0. The lowest BCUT2D eigenvalue weighted by Gasteiger charge is -2.37. The van der Waals surface area contributed by atoms with Crippen molar-refractivity contribution < 1.29 is 8.78 Å². The van der Waals surface area contributed by atoms with E-state index in [0.717, 1.165) is 31.4 Å². The molecule has 1 saturated carbocycles. The number of nitriles is 1. The molecule has 3 nitrogen and oxygen atoms in total. The van der Waals surface area contributed by atoms with Crippen LogP contribution < -0.4 is 0 Å². The number of hydrogen-bond donors (Lipinski definition) is 0. The molecule has 32 heavy (non-hydrogen) atoms. The zero-order valence-corrected chi connectivity index (χ0v) is 20.1. The molecule has 1 aromatic rings. The first-order chi connectivity index (χ1) is 15.2. The molecule has 1 aliphatic carbocycles. The highest BCUT2D eigenvalue weighted by molar-refractivity contribution is 5.47. The quantitative estimate of drug-likeness (QED) is 0.485. The van der Waals surface area contributed by atoms with Gasteiger partial charge in [-0.05, 0) is 88.9 Å². The van der Waals surface area contributed by atoms with Gasteiger partial charge in [-0.15, -0.1) is 0 Å². The third-order valence-corrected chi connectivity index (χ3v) is 7.72. The Bertz CT molecular complexity index is 922. The summed E-state index contributed by atoms with van der Waals surface area (Å²) in [4.78, 5) is 4.45. The fraction of sp³-hybridized carbons (Fsp3) is 0.593. The van der Waals surface area contributed by atoms with Crippen molar-refractivity contribution in [1.29, 1.82) is 5.26 Å². The van der Waals surface area contributed by atoms with Crippen LogP contribution in [-0.2, 0) is 12.8 Å². The average Bonchev–Trinajstić information content (AvgIpc) is 3.33. The SMILES string of the molecule is C=C(C)C1=C(C)C2(CCCC2)N(C)C1Cc1ccc(CCCN(C)CCC#N)c(F)c1F. The Labute approximate surface area is 192 Å². The standard InChI is InChI=1S/C27H37F2N3/c1-19(2)24-20(3)27(13-6-7-14-27)32(5)23(24)18-22-12-11-21(25(28)26(22)29)10-8-16-31(4)17-9-15-30/h11-12,23H,1,6-10,13-14,16-18H2,2-5H3. The highest BCUT2D eigenvalue weighted by Gasteiger charge is 2.49. The second-order valence-electron chi connectivity index (χ2n) is 9.72. The van der Waals surface area contributed by atoms with Crippen molar-refractivity contribution in [1.82, 2.24) is 9.80 Å². The molecule has 0 aromatic heterocycles. The normalized spacial score (nSPS) is 20.5. The predicted molar refractivity (Wildman–Crippen MR) is 126 cm³/mol. The maximum absolute atomic E-state index is 15.1. The highest BCUT2D eigenvalue weighted by Crippen LogP contribution is 2.50. The third-order valence-electron chi connectivity index (χ3n) is 7.72. The van der Waals surface area contributed by atoms with Crippen LogP contribution >= 0.6 is 0 Å². The van der Waals surface area contributed by atoms with Crippen LogP contribution in [0.15, 0.2) is 35.4 Å². The smallest absolute Gasteiger partial charge is 0.162 e. The monoisotopic (exact) mass is 441 g/mol. The third kappa shape index (κ3) is 4.67. The van der Waals surface area contributed by atoms with Crippen molar-refractivity contribution in [2.75, 3.05) is 27.2 Å². The molecule has 1 atom stereocenters. The van der Waals surface area contributed by atoms with Crippen LogP contribution in [0, 0.1) is 23.0 Å².